The average Bonchev–Trinajstić information content (AvgIpc) is 2.35. The van der Waals surface area contributed by atoms with Gasteiger partial charge in [-0.1, -0.05) is 23.8 Å². The van der Waals surface area contributed by atoms with Crippen LogP contribution in [-0.4, -0.2) is 5.11 Å². The van der Waals surface area contributed by atoms with Gasteiger partial charge in [0.1, 0.15) is 5.58 Å². The van der Waals surface area contributed by atoms with E-state index in [0.29, 0.717) is 12.0 Å². The van der Waals surface area contributed by atoms with E-state index >= 15 is 0 Å². The van der Waals surface area contributed by atoms with Gasteiger partial charge in [-0.2, -0.15) is 0 Å². The molecule has 18 heavy (non-hydrogen) atoms. The topological polar surface area (TPSA) is 50.4 Å². The Hall–Kier alpha value is -1.87. The summed E-state index contributed by atoms with van der Waals surface area (Å²) < 4.78 is 5.27. The van der Waals surface area contributed by atoms with E-state index in [1.807, 2.05) is 26.0 Å². The minimum Gasteiger partial charge on any atom is -0.422 e. The normalized spacial score (nSPS) is 10.6. The van der Waals surface area contributed by atoms with Crippen LogP contribution in [0, 0.1) is 0 Å². The van der Waals surface area contributed by atoms with Crippen LogP contribution in [0.4, 0.5) is 0 Å². The van der Waals surface area contributed by atoms with E-state index in [2.05, 4.69) is 6.08 Å². The van der Waals surface area contributed by atoms with E-state index in [-0.39, 0.29) is 12.2 Å². The van der Waals surface area contributed by atoms with Gasteiger partial charge >= 0.3 is 5.63 Å². The number of aliphatic hydroxyl groups excluding tert-OH is 1. The highest BCUT2D eigenvalue weighted by Crippen LogP contribution is 2.22. The largest absolute Gasteiger partial charge is 0.422 e. The molecule has 1 N–H and O–H groups in total. The second-order valence-corrected chi connectivity index (χ2v) is 4.52. The summed E-state index contributed by atoms with van der Waals surface area (Å²) in [6, 6.07) is 6.88. The van der Waals surface area contributed by atoms with Crippen LogP contribution >= 0.6 is 0 Å². The average molecular weight is 244 g/mol. The van der Waals surface area contributed by atoms with Gasteiger partial charge in [0.25, 0.3) is 0 Å². The van der Waals surface area contributed by atoms with Crippen molar-refractivity contribution in [2.24, 2.45) is 0 Å². The van der Waals surface area contributed by atoms with Crippen molar-refractivity contribution in [1.82, 2.24) is 0 Å². The van der Waals surface area contributed by atoms with Crippen molar-refractivity contribution in [2.75, 3.05) is 0 Å². The van der Waals surface area contributed by atoms with Gasteiger partial charge in [0.05, 0.1) is 6.61 Å². The first-order valence-electron chi connectivity index (χ1n) is 5.90. The Bertz CT molecular complexity index is 646. The Balaban J connectivity index is 2.67. The van der Waals surface area contributed by atoms with Crippen LogP contribution in [0.2, 0.25) is 0 Å². The lowest BCUT2D eigenvalue weighted by Crippen LogP contribution is -2.00. The van der Waals surface area contributed by atoms with Gasteiger partial charge in [-0.15, -0.1) is 0 Å². The Morgan fingerprint density at radius 2 is 2.00 bits per heavy atom. The molecule has 0 aliphatic carbocycles. The summed E-state index contributed by atoms with van der Waals surface area (Å²) in [6.45, 7) is 3.97. The molecule has 0 spiro atoms. The number of aliphatic hydroxyl groups is 1. The van der Waals surface area contributed by atoms with E-state index in [1.165, 1.54) is 11.6 Å². The van der Waals surface area contributed by atoms with Crippen LogP contribution < -0.4 is 5.63 Å². The van der Waals surface area contributed by atoms with Gasteiger partial charge < -0.3 is 9.52 Å². The van der Waals surface area contributed by atoms with Crippen molar-refractivity contribution in [3.05, 3.63) is 57.5 Å². The Morgan fingerprint density at radius 1 is 1.28 bits per heavy atom. The van der Waals surface area contributed by atoms with Crippen LogP contribution in [0.1, 0.15) is 25.0 Å². The lowest BCUT2D eigenvalue weighted by atomic mass is 10.0. The van der Waals surface area contributed by atoms with Crippen molar-refractivity contribution in [1.29, 1.82) is 0 Å². The minimum atomic E-state index is -0.365. The molecule has 0 fully saturated rings. The summed E-state index contributed by atoms with van der Waals surface area (Å²) >= 11 is 0. The molecule has 0 aliphatic heterocycles. The molecule has 0 bridgehead atoms. The van der Waals surface area contributed by atoms with Crippen molar-refractivity contribution in [3.63, 3.8) is 0 Å². The van der Waals surface area contributed by atoms with Crippen LogP contribution in [-0.2, 0) is 13.0 Å². The highest BCUT2D eigenvalue weighted by atomic mass is 16.4. The predicted molar refractivity (Wildman–Crippen MR) is 71.5 cm³/mol. The fourth-order valence-electron chi connectivity index (χ4n) is 1.91. The summed E-state index contributed by atoms with van der Waals surface area (Å²) in [4.78, 5) is 11.3. The zero-order valence-electron chi connectivity index (χ0n) is 10.6. The summed E-state index contributed by atoms with van der Waals surface area (Å²) in [5.74, 6) is 0. The number of hydrogen-bond acceptors (Lipinski definition) is 3. The van der Waals surface area contributed by atoms with Gasteiger partial charge in [0.15, 0.2) is 0 Å². The maximum atomic E-state index is 11.3. The standard InChI is InChI=1S/C15H16O3/c1-10(2)3-7-13-12(9-16)5-4-11-6-8-14(17)18-15(11)13/h3-6,8,16H,7,9H2,1-2H3. The second kappa shape index (κ2) is 5.19. The molecule has 0 radical (unpaired) electrons. The first-order valence-corrected chi connectivity index (χ1v) is 5.90. The number of benzene rings is 1. The zero-order chi connectivity index (χ0) is 13.1. The zero-order valence-corrected chi connectivity index (χ0v) is 10.6. The highest BCUT2D eigenvalue weighted by Gasteiger charge is 2.08. The van der Waals surface area contributed by atoms with E-state index in [9.17, 15) is 9.90 Å². The fourth-order valence-corrected chi connectivity index (χ4v) is 1.91. The van der Waals surface area contributed by atoms with Crippen LogP contribution in [0.15, 0.2) is 45.1 Å². The lowest BCUT2D eigenvalue weighted by Gasteiger charge is -2.08. The summed E-state index contributed by atoms with van der Waals surface area (Å²) in [7, 11) is 0. The minimum absolute atomic E-state index is 0.0551. The number of allylic oxidation sites excluding steroid dienone is 2. The Labute approximate surface area is 105 Å². The Kier molecular flexibility index (Phi) is 3.63. The quantitative estimate of drug-likeness (QED) is 0.667. The third kappa shape index (κ3) is 2.51. The molecule has 0 unspecified atom stereocenters. The predicted octanol–water partition coefficient (Wildman–Crippen LogP) is 2.79. The number of fused-ring (bicyclic) bond motifs is 1. The maximum Gasteiger partial charge on any atom is 0.336 e. The number of rotatable bonds is 3. The van der Waals surface area contributed by atoms with Crippen molar-refractivity contribution < 1.29 is 9.52 Å². The molecule has 1 aromatic heterocycles. The molecule has 2 aromatic rings. The van der Waals surface area contributed by atoms with Crippen LogP contribution in [0.25, 0.3) is 11.0 Å². The van der Waals surface area contributed by atoms with Crippen molar-refractivity contribution in [3.8, 4) is 0 Å². The second-order valence-electron chi connectivity index (χ2n) is 4.52. The van der Waals surface area contributed by atoms with Crippen molar-refractivity contribution >= 4 is 11.0 Å². The van der Waals surface area contributed by atoms with E-state index in [0.717, 1.165) is 16.5 Å². The van der Waals surface area contributed by atoms with E-state index < -0.39 is 0 Å². The molecular weight excluding hydrogens is 228 g/mol. The van der Waals surface area contributed by atoms with E-state index in [1.54, 1.807) is 6.07 Å². The summed E-state index contributed by atoms with van der Waals surface area (Å²) in [6.07, 6.45) is 2.71. The molecule has 2 rings (SSSR count). The van der Waals surface area contributed by atoms with Crippen LogP contribution in [0.5, 0.6) is 0 Å². The molecule has 3 nitrogen and oxygen atoms in total. The molecule has 3 heteroatoms. The van der Waals surface area contributed by atoms with Gasteiger partial charge in [-0.25, -0.2) is 4.79 Å². The summed E-state index contributed by atoms with van der Waals surface area (Å²) in [5, 5.41) is 10.3. The highest BCUT2D eigenvalue weighted by molar-refractivity contribution is 5.81. The molecule has 1 aromatic carbocycles. The third-order valence-electron chi connectivity index (χ3n) is 2.87. The van der Waals surface area contributed by atoms with Gasteiger partial charge in [0, 0.05) is 17.0 Å². The van der Waals surface area contributed by atoms with Gasteiger partial charge in [0.2, 0.25) is 0 Å². The van der Waals surface area contributed by atoms with E-state index in [4.69, 9.17) is 4.42 Å². The fraction of sp³-hybridized carbons (Fsp3) is 0.267. The van der Waals surface area contributed by atoms with Gasteiger partial charge in [-0.05, 0) is 31.9 Å². The van der Waals surface area contributed by atoms with Gasteiger partial charge in [-0.3, -0.25) is 0 Å². The molecule has 0 saturated heterocycles. The molecule has 1 heterocycles. The molecule has 94 valence electrons. The number of hydrogen-bond donors (Lipinski definition) is 1. The molecule has 0 atom stereocenters. The monoisotopic (exact) mass is 244 g/mol. The molecular formula is C15H16O3. The lowest BCUT2D eigenvalue weighted by molar-refractivity contribution is 0.281. The first-order chi connectivity index (χ1) is 8.61. The third-order valence-corrected chi connectivity index (χ3v) is 2.87. The van der Waals surface area contributed by atoms with Crippen LogP contribution in [0.3, 0.4) is 0 Å². The smallest absolute Gasteiger partial charge is 0.336 e. The maximum absolute atomic E-state index is 11.3. The molecule has 0 aliphatic rings. The first kappa shape index (κ1) is 12.6. The summed E-state index contributed by atoms with van der Waals surface area (Å²) in [5.41, 5.74) is 3.08. The molecule has 0 saturated carbocycles. The molecule has 0 amide bonds. The van der Waals surface area contributed by atoms with Crippen molar-refractivity contribution in [2.45, 2.75) is 26.9 Å². The SMILES string of the molecule is CC(C)=CCc1c(CO)ccc2ccc(=O)oc12. The Morgan fingerprint density at radius 3 is 2.67 bits per heavy atom.